The number of benzene rings is 2. The van der Waals surface area contributed by atoms with Crippen LogP contribution in [0.5, 0.6) is 0 Å². The summed E-state index contributed by atoms with van der Waals surface area (Å²) in [5, 5.41) is 7.42. The zero-order valence-corrected chi connectivity index (χ0v) is 11.6. The highest BCUT2D eigenvalue weighted by molar-refractivity contribution is 6.31. The average molecular weight is 280 g/mol. The van der Waals surface area contributed by atoms with Gasteiger partial charge in [-0.1, -0.05) is 38.1 Å². The van der Waals surface area contributed by atoms with Crippen LogP contribution in [-0.4, -0.2) is 21.9 Å². The molecule has 2 aromatic carbocycles. The summed E-state index contributed by atoms with van der Waals surface area (Å²) in [6, 6.07) is 10.00. The quantitative estimate of drug-likeness (QED) is 0.495. The van der Waals surface area contributed by atoms with E-state index in [0.29, 0.717) is 27.7 Å². The smallest absolute Gasteiger partial charge is 0.196 e. The highest BCUT2D eigenvalue weighted by Gasteiger charge is 2.32. The number of carbonyl (C=O) groups excluding carboxylic acids is 2. The fraction of sp³-hybridized carbons (Fsp3) is 0.125. The minimum absolute atomic E-state index is 0.171. The molecule has 0 aliphatic heterocycles. The lowest BCUT2D eigenvalue weighted by Crippen LogP contribution is -2.21. The molecule has 0 N–H and O–H groups in total. The monoisotopic (exact) mass is 280 g/mol. The minimum Gasteiger partial charge on any atom is -0.289 e. The highest BCUT2D eigenvalue weighted by Crippen LogP contribution is 2.30. The Bertz CT molecular complexity index is 865. The van der Waals surface area contributed by atoms with E-state index in [1.807, 2.05) is 13.8 Å². The van der Waals surface area contributed by atoms with Crippen molar-refractivity contribution in [3.8, 4) is 0 Å². The minimum atomic E-state index is -0.216. The summed E-state index contributed by atoms with van der Waals surface area (Å²) in [4.78, 5) is 24.9. The number of rotatable bonds is 0. The second kappa shape index (κ2) is 4.94. The lowest BCUT2D eigenvalue weighted by atomic mass is 9.83. The van der Waals surface area contributed by atoms with Gasteiger partial charge in [-0.15, -0.1) is 0 Å². The van der Waals surface area contributed by atoms with E-state index in [1.165, 1.54) is 0 Å². The van der Waals surface area contributed by atoms with Gasteiger partial charge in [0.15, 0.2) is 11.6 Å². The van der Waals surface area contributed by atoms with Gasteiger partial charge in [0.25, 0.3) is 0 Å². The normalized spacial score (nSPS) is 12.5. The maximum Gasteiger partial charge on any atom is 0.196 e. The molecule has 21 heavy (non-hydrogen) atoms. The molecule has 0 bridgehead atoms. The first-order chi connectivity index (χ1) is 10.3. The zero-order valence-electron chi connectivity index (χ0n) is 11.6. The Balaban J connectivity index is 0.000000636. The number of nitrogens with zero attached hydrogens (tertiary/aromatic N) is 2. The molecule has 0 spiro atoms. The highest BCUT2D eigenvalue weighted by atomic mass is 16.6. The number of ketones is 2. The van der Waals surface area contributed by atoms with Crippen molar-refractivity contribution in [2.45, 2.75) is 13.8 Å². The predicted octanol–water partition coefficient (Wildman–Crippen LogP) is 3.02. The molecule has 104 valence electrons. The van der Waals surface area contributed by atoms with Gasteiger partial charge in [-0.2, -0.15) is 0 Å². The van der Waals surface area contributed by atoms with Crippen LogP contribution in [0, 0.1) is 0 Å². The maximum atomic E-state index is 12.5. The first-order valence-electron chi connectivity index (χ1n) is 6.71. The van der Waals surface area contributed by atoms with Crippen LogP contribution in [0.15, 0.2) is 41.0 Å². The van der Waals surface area contributed by atoms with Crippen LogP contribution in [0.4, 0.5) is 0 Å². The Labute approximate surface area is 120 Å². The number of hydrogen-bond donors (Lipinski definition) is 0. The van der Waals surface area contributed by atoms with E-state index >= 15 is 0 Å². The second-order valence-corrected chi connectivity index (χ2v) is 4.32. The standard InChI is InChI=1S/C14H6N2O3.C2H6/c17-13-7-3-1-2-4-8(7)14(18)11-9(13)5-6-10-12(11)16-19-15-10;1-2/h1-6H;1-2H3. The molecule has 5 heteroatoms. The largest absolute Gasteiger partial charge is 0.289 e. The Hall–Kier alpha value is -2.82. The van der Waals surface area contributed by atoms with E-state index in [2.05, 4.69) is 14.9 Å². The third-order valence-corrected chi connectivity index (χ3v) is 3.32. The summed E-state index contributed by atoms with van der Waals surface area (Å²) in [5.74, 6) is -0.387. The van der Waals surface area contributed by atoms with Gasteiger partial charge in [-0.3, -0.25) is 9.59 Å². The Morgan fingerprint density at radius 2 is 1.48 bits per heavy atom. The van der Waals surface area contributed by atoms with Crippen LogP contribution in [0.2, 0.25) is 0 Å². The third kappa shape index (κ3) is 1.78. The van der Waals surface area contributed by atoms with Crippen molar-refractivity contribution in [3.05, 3.63) is 58.7 Å². The van der Waals surface area contributed by atoms with Gasteiger partial charge < -0.3 is 0 Å². The molecule has 1 aliphatic carbocycles. The van der Waals surface area contributed by atoms with E-state index in [9.17, 15) is 9.59 Å². The summed E-state index contributed by atoms with van der Waals surface area (Å²) in [7, 11) is 0. The Kier molecular flexibility index (Phi) is 3.10. The molecule has 0 atom stereocenters. The summed E-state index contributed by atoms with van der Waals surface area (Å²) >= 11 is 0. The molecule has 0 radical (unpaired) electrons. The van der Waals surface area contributed by atoms with E-state index in [1.54, 1.807) is 36.4 Å². The first kappa shape index (κ1) is 13.2. The first-order valence-corrected chi connectivity index (χ1v) is 6.71. The number of fused-ring (bicyclic) bond motifs is 4. The van der Waals surface area contributed by atoms with Gasteiger partial charge in [-0.05, 0) is 22.4 Å². The molecule has 0 unspecified atom stereocenters. The lowest BCUT2D eigenvalue weighted by Gasteiger charge is -2.16. The van der Waals surface area contributed by atoms with Crippen LogP contribution in [0.3, 0.4) is 0 Å². The van der Waals surface area contributed by atoms with Gasteiger partial charge in [0.1, 0.15) is 11.0 Å². The molecule has 0 saturated heterocycles. The molecular weight excluding hydrogens is 268 g/mol. The Morgan fingerprint density at radius 3 is 2.19 bits per heavy atom. The van der Waals surface area contributed by atoms with Crippen LogP contribution in [-0.2, 0) is 0 Å². The van der Waals surface area contributed by atoms with E-state index < -0.39 is 0 Å². The molecule has 5 nitrogen and oxygen atoms in total. The summed E-state index contributed by atoms with van der Waals surface area (Å²) in [5.41, 5.74) is 2.27. The van der Waals surface area contributed by atoms with Crippen molar-refractivity contribution in [1.82, 2.24) is 10.3 Å². The number of aromatic nitrogens is 2. The molecule has 4 rings (SSSR count). The fourth-order valence-electron chi connectivity index (χ4n) is 2.43. The van der Waals surface area contributed by atoms with Crippen LogP contribution in [0.1, 0.15) is 45.7 Å². The summed E-state index contributed by atoms with van der Waals surface area (Å²) in [6.07, 6.45) is 0. The van der Waals surface area contributed by atoms with Gasteiger partial charge >= 0.3 is 0 Å². The topological polar surface area (TPSA) is 73.1 Å². The van der Waals surface area contributed by atoms with Gasteiger partial charge in [0.05, 0.1) is 5.56 Å². The van der Waals surface area contributed by atoms with E-state index in [0.717, 1.165) is 0 Å². The van der Waals surface area contributed by atoms with Crippen LogP contribution in [0.25, 0.3) is 11.0 Å². The molecule has 0 fully saturated rings. The molecule has 0 saturated carbocycles. The van der Waals surface area contributed by atoms with Gasteiger partial charge in [-0.25, -0.2) is 4.63 Å². The Morgan fingerprint density at radius 1 is 0.810 bits per heavy atom. The molecule has 0 amide bonds. The summed E-state index contributed by atoms with van der Waals surface area (Å²) in [6.45, 7) is 4.00. The lowest BCUT2D eigenvalue weighted by molar-refractivity contribution is 0.0980. The zero-order chi connectivity index (χ0) is 15.0. The third-order valence-electron chi connectivity index (χ3n) is 3.32. The van der Waals surface area contributed by atoms with Gasteiger partial charge in [0, 0.05) is 16.7 Å². The van der Waals surface area contributed by atoms with E-state index in [4.69, 9.17) is 0 Å². The average Bonchev–Trinajstić information content (AvgIpc) is 3.02. The number of carbonyl (C=O) groups is 2. The molecule has 3 aromatic rings. The van der Waals surface area contributed by atoms with Crippen molar-refractivity contribution < 1.29 is 14.2 Å². The van der Waals surface area contributed by atoms with Crippen LogP contribution < -0.4 is 0 Å². The van der Waals surface area contributed by atoms with Crippen molar-refractivity contribution in [3.63, 3.8) is 0 Å². The summed E-state index contributed by atoms with van der Waals surface area (Å²) < 4.78 is 4.64. The maximum absolute atomic E-state index is 12.5. The molecule has 1 aromatic heterocycles. The van der Waals surface area contributed by atoms with Gasteiger partial charge in [0.2, 0.25) is 0 Å². The molecular formula is C16H12N2O3. The second-order valence-electron chi connectivity index (χ2n) is 4.32. The van der Waals surface area contributed by atoms with Crippen molar-refractivity contribution in [2.75, 3.05) is 0 Å². The van der Waals surface area contributed by atoms with Crippen LogP contribution >= 0.6 is 0 Å². The predicted molar refractivity (Wildman–Crippen MR) is 76.5 cm³/mol. The molecule has 1 heterocycles. The number of hydrogen-bond acceptors (Lipinski definition) is 5. The molecule has 1 aliphatic rings. The van der Waals surface area contributed by atoms with E-state index in [-0.39, 0.29) is 17.1 Å². The van der Waals surface area contributed by atoms with Crippen molar-refractivity contribution >= 4 is 22.6 Å². The van der Waals surface area contributed by atoms with Crippen molar-refractivity contribution in [2.24, 2.45) is 0 Å². The SMILES string of the molecule is CC.O=C1c2ccccc2C(=O)c2c1ccc1nonc21. The fourth-order valence-corrected chi connectivity index (χ4v) is 2.43. The van der Waals surface area contributed by atoms with Crippen molar-refractivity contribution in [1.29, 1.82) is 0 Å².